The van der Waals surface area contributed by atoms with E-state index in [0.717, 1.165) is 5.76 Å². The summed E-state index contributed by atoms with van der Waals surface area (Å²) in [6.07, 6.45) is 0.989. The van der Waals surface area contributed by atoms with Crippen LogP contribution in [0.15, 0.2) is 47.1 Å². The summed E-state index contributed by atoms with van der Waals surface area (Å²) in [6, 6.07) is 11.1. The molecule has 0 bridgehead atoms. The predicted molar refractivity (Wildman–Crippen MR) is 85.3 cm³/mol. The van der Waals surface area contributed by atoms with E-state index >= 15 is 0 Å². The standard InChI is InChI=1S/C18H21NO4/c1-13(2)10-19(11-14-6-5-9-21-14)18(20)17-12-22-15-7-3-4-8-16(15)23-17/h3-9,13,17H,10-12H2,1-2H3/t17-/m0/s1. The van der Waals surface area contributed by atoms with E-state index < -0.39 is 6.10 Å². The third kappa shape index (κ3) is 3.67. The second-order valence-electron chi connectivity index (χ2n) is 6.06. The molecule has 1 aliphatic rings. The molecule has 0 unspecified atom stereocenters. The van der Waals surface area contributed by atoms with Gasteiger partial charge in [-0.25, -0.2) is 0 Å². The van der Waals surface area contributed by atoms with Crippen LogP contribution < -0.4 is 9.47 Å². The normalized spacial score (nSPS) is 16.4. The van der Waals surface area contributed by atoms with Crippen LogP contribution in [0.5, 0.6) is 11.5 Å². The number of benzene rings is 1. The Morgan fingerprint density at radius 2 is 2.00 bits per heavy atom. The molecule has 1 aromatic carbocycles. The number of carbonyl (C=O) groups excluding carboxylic acids is 1. The Hall–Kier alpha value is -2.43. The van der Waals surface area contributed by atoms with E-state index in [-0.39, 0.29) is 12.5 Å². The second kappa shape index (κ2) is 6.77. The van der Waals surface area contributed by atoms with E-state index in [0.29, 0.717) is 30.5 Å². The molecule has 1 atom stereocenters. The summed E-state index contributed by atoms with van der Waals surface area (Å²) in [4.78, 5) is 14.6. The number of furan rings is 1. The molecule has 2 heterocycles. The molecule has 1 aromatic heterocycles. The van der Waals surface area contributed by atoms with Gasteiger partial charge in [-0.1, -0.05) is 26.0 Å². The molecule has 2 aromatic rings. The molecule has 5 heteroatoms. The molecule has 1 aliphatic heterocycles. The van der Waals surface area contributed by atoms with Gasteiger partial charge in [0.25, 0.3) is 5.91 Å². The molecule has 0 spiro atoms. The van der Waals surface area contributed by atoms with E-state index in [1.54, 1.807) is 11.2 Å². The van der Waals surface area contributed by atoms with Crippen molar-refractivity contribution in [2.24, 2.45) is 5.92 Å². The van der Waals surface area contributed by atoms with Crippen molar-refractivity contribution >= 4 is 5.91 Å². The number of hydrogen-bond acceptors (Lipinski definition) is 4. The van der Waals surface area contributed by atoms with Gasteiger partial charge in [-0.3, -0.25) is 4.79 Å². The Kier molecular flexibility index (Phi) is 4.55. The summed E-state index contributed by atoms with van der Waals surface area (Å²) < 4.78 is 16.9. The van der Waals surface area contributed by atoms with Crippen molar-refractivity contribution in [1.29, 1.82) is 0 Å². The first-order valence-corrected chi connectivity index (χ1v) is 7.83. The van der Waals surface area contributed by atoms with Crippen molar-refractivity contribution in [3.05, 3.63) is 48.4 Å². The first-order chi connectivity index (χ1) is 11.1. The summed E-state index contributed by atoms with van der Waals surface area (Å²) in [5.74, 6) is 2.32. The van der Waals surface area contributed by atoms with E-state index in [9.17, 15) is 4.79 Å². The molecule has 0 aliphatic carbocycles. The van der Waals surface area contributed by atoms with Gasteiger partial charge in [0, 0.05) is 6.54 Å². The minimum Gasteiger partial charge on any atom is -0.485 e. The van der Waals surface area contributed by atoms with Gasteiger partial charge in [0.15, 0.2) is 11.5 Å². The van der Waals surface area contributed by atoms with Crippen molar-refractivity contribution < 1.29 is 18.7 Å². The molecule has 122 valence electrons. The predicted octanol–water partition coefficient (Wildman–Crippen LogP) is 3.10. The van der Waals surface area contributed by atoms with Crippen LogP contribution in [0.3, 0.4) is 0 Å². The van der Waals surface area contributed by atoms with Crippen LogP contribution in [0, 0.1) is 5.92 Å². The Morgan fingerprint density at radius 1 is 1.22 bits per heavy atom. The lowest BCUT2D eigenvalue weighted by Gasteiger charge is -2.31. The van der Waals surface area contributed by atoms with E-state index in [2.05, 4.69) is 13.8 Å². The van der Waals surface area contributed by atoms with Gasteiger partial charge in [0.2, 0.25) is 6.10 Å². The lowest BCUT2D eigenvalue weighted by Crippen LogP contribution is -2.47. The van der Waals surface area contributed by atoms with Crippen LogP contribution in [0.2, 0.25) is 0 Å². The van der Waals surface area contributed by atoms with Gasteiger partial charge < -0.3 is 18.8 Å². The van der Waals surface area contributed by atoms with Crippen LogP contribution in [0.4, 0.5) is 0 Å². The number of carbonyl (C=O) groups is 1. The zero-order valence-electron chi connectivity index (χ0n) is 13.4. The van der Waals surface area contributed by atoms with Crippen molar-refractivity contribution in [1.82, 2.24) is 4.90 Å². The van der Waals surface area contributed by atoms with Gasteiger partial charge in [-0.15, -0.1) is 0 Å². The van der Waals surface area contributed by atoms with Crippen molar-refractivity contribution in [3.8, 4) is 11.5 Å². The first-order valence-electron chi connectivity index (χ1n) is 7.83. The molecule has 0 saturated heterocycles. The maximum Gasteiger partial charge on any atom is 0.267 e. The Morgan fingerprint density at radius 3 is 2.70 bits per heavy atom. The van der Waals surface area contributed by atoms with Crippen molar-refractivity contribution in [2.45, 2.75) is 26.5 Å². The molecule has 5 nitrogen and oxygen atoms in total. The summed E-state index contributed by atoms with van der Waals surface area (Å²) in [7, 11) is 0. The zero-order chi connectivity index (χ0) is 16.2. The fourth-order valence-electron chi connectivity index (χ4n) is 2.61. The third-order valence-corrected chi connectivity index (χ3v) is 3.61. The lowest BCUT2D eigenvalue weighted by atomic mass is 10.1. The van der Waals surface area contributed by atoms with Gasteiger partial charge in [-0.2, -0.15) is 0 Å². The fourth-order valence-corrected chi connectivity index (χ4v) is 2.61. The molecule has 3 rings (SSSR count). The largest absolute Gasteiger partial charge is 0.485 e. The first kappa shape index (κ1) is 15.5. The SMILES string of the molecule is CC(C)CN(Cc1ccco1)C(=O)[C@@H]1COc2ccccc2O1. The minimum atomic E-state index is -0.626. The third-order valence-electron chi connectivity index (χ3n) is 3.61. The van der Waals surface area contributed by atoms with Crippen LogP contribution in [0.1, 0.15) is 19.6 Å². The van der Waals surface area contributed by atoms with Crippen molar-refractivity contribution in [2.75, 3.05) is 13.2 Å². The van der Waals surface area contributed by atoms with Gasteiger partial charge in [-0.05, 0) is 30.2 Å². The topological polar surface area (TPSA) is 51.9 Å². The van der Waals surface area contributed by atoms with Gasteiger partial charge in [0.1, 0.15) is 12.4 Å². The summed E-state index contributed by atoms with van der Waals surface area (Å²) in [6.45, 7) is 5.46. The average molecular weight is 315 g/mol. The van der Waals surface area contributed by atoms with Crippen LogP contribution >= 0.6 is 0 Å². The highest BCUT2D eigenvalue weighted by atomic mass is 16.6. The molecular weight excluding hydrogens is 294 g/mol. The molecule has 0 fully saturated rings. The number of para-hydroxylation sites is 2. The number of nitrogens with zero attached hydrogens (tertiary/aromatic N) is 1. The van der Waals surface area contributed by atoms with Crippen LogP contribution in [0.25, 0.3) is 0 Å². The molecule has 23 heavy (non-hydrogen) atoms. The monoisotopic (exact) mass is 315 g/mol. The number of rotatable bonds is 5. The second-order valence-corrected chi connectivity index (χ2v) is 6.06. The summed E-state index contributed by atoms with van der Waals surface area (Å²) in [5.41, 5.74) is 0. The fraction of sp³-hybridized carbons (Fsp3) is 0.389. The van der Waals surface area contributed by atoms with E-state index in [4.69, 9.17) is 13.9 Å². The zero-order valence-corrected chi connectivity index (χ0v) is 13.4. The molecule has 0 radical (unpaired) electrons. The Balaban J connectivity index is 1.73. The molecular formula is C18H21NO4. The Labute approximate surface area is 135 Å². The van der Waals surface area contributed by atoms with Gasteiger partial charge in [0.05, 0.1) is 12.8 Å². The highest BCUT2D eigenvalue weighted by Gasteiger charge is 2.31. The molecule has 0 saturated carbocycles. The number of fused-ring (bicyclic) bond motifs is 1. The quantitative estimate of drug-likeness (QED) is 0.851. The smallest absolute Gasteiger partial charge is 0.267 e. The molecule has 0 N–H and O–H groups in total. The summed E-state index contributed by atoms with van der Waals surface area (Å²) >= 11 is 0. The van der Waals surface area contributed by atoms with E-state index in [1.807, 2.05) is 36.4 Å². The van der Waals surface area contributed by atoms with Crippen molar-refractivity contribution in [3.63, 3.8) is 0 Å². The van der Waals surface area contributed by atoms with Crippen LogP contribution in [-0.2, 0) is 11.3 Å². The lowest BCUT2D eigenvalue weighted by molar-refractivity contribution is -0.142. The number of hydrogen-bond donors (Lipinski definition) is 0. The van der Waals surface area contributed by atoms with Gasteiger partial charge >= 0.3 is 0 Å². The maximum atomic E-state index is 12.8. The highest BCUT2D eigenvalue weighted by Crippen LogP contribution is 2.31. The number of ether oxygens (including phenoxy) is 2. The Bertz CT molecular complexity index is 651. The minimum absolute atomic E-state index is 0.0791. The number of amides is 1. The summed E-state index contributed by atoms with van der Waals surface area (Å²) in [5, 5.41) is 0. The highest BCUT2D eigenvalue weighted by molar-refractivity contribution is 5.82. The van der Waals surface area contributed by atoms with E-state index in [1.165, 1.54) is 0 Å². The molecule has 1 amide bonds. The maximum absolute atomic E-state index is 12.8. The average Bonchev–Trinajstić information content (AvgIpc) is 3.06. The van der Waals surface area contributed by atoms with Crippen LogP contribution in [-0.4, -0.2) is 30.1 Å².